The molecule has 1 fully saturated rings. The van der Waals surface area contributed by atoms with E-state index in [1.165, 1.54) is 24.4 Å². The number of carbonyl (C=O) groups excluding carboxylic acids is 2. The number of pyridine rings is 2. The Morgan fingerprint density at radius 3 is 2.62 bits per heavy atom. The Labute approximate surface area is 181 Å². The summed E-state index contributed by atoms with van der Waals surface area (Å²) in [6, 6.07) is 5.94. The van der Waals surface area contributed by atoms with Crippen molar-refractivity contribution in [3.05, 3.63) is 47.3 Å². The molecule has 2 aromatic heterocycles. The van der Waals surface area contributed by atoms with E-state index in [0.29, 0.717) is 29.1 Å². The lowest BCUT2D eigenvalue weighted by Gasteiger charge is -2.15. The van der Waals surface area contributed by atoms with Crippen LogP contribution in [0.2, 0.25) is 0 Å². The highest BCUT2D eigenvalue weighted by molar-refractivity contribution is 5.97. The van der Waals surface area contributed by atoms with Crippen LogP contribution in [-0.4, -0.2) is 47.3 Å². The third kappa shape index (κ3) is 6.63. The highest BCUT2D eigenvalue weighted by Crippen LogP contribution is 2.30. The van der Waals surface area contributed by atoms with E-state index in [-0.39, 0.29) is 30.2 Å². The fraction of sp³-hybridized carbons (Fsp3) is 0.429. The van der Waals surface area contributed by atoms with E-state index in [9.17, 15) is 27.2 Å². The lowest BCUT2D eigenvalue weighted by molar-refractivity contribution is -0.148. The number of carbonyl (C=O) groups is 2. The fourth-order valence-electron chi connectivity index (χ4n) is 2.74. The molecule has 1 saturated carbocycles. The minimum absolute atomic E-state index is 0.0146. The van der Waals surface area contributed by atoms with Crippen molar-refractivity contribution in [3.63, 3.8) is 0 Å². The maximum Gasteiger partial charge on any atom is 0.340 e. The lowest BCUT2D eigenvalue weighted by atomic mass is 10.2. The van der Waals surface area contributed by atoms with E-state index in [4.69, 9.17) is 0 Å². The van der Waals surface area contributed by atoms with Crippen molar-refractivity contribution in [3.8, 4) is 5.88 Å². The smallest absolute Gasteiger partial charge is 0.340 e. The van der Waals surface area contributed by atoms with Crippen molar-refractivity contribution in [1.29, 1.82) is 0 Å². The topological polar surface area (TPSA) is 93.2 Å². The third-order valence-electron chi connectivity index (χ3n) is 4.64. The van der Waals surface area contributed by atoms with Gasteiger partial charge >= 0.3 is 12.3 Å². The van der Waals surface area contributed by atoms with Crippen LogP contribution < -0.4 is 15.4 Å². The highest BCUT2D eigenvalue weighted by Gasteiger charge is 2.41. The predicted molar refractivity (Wildman–Crippen MR) is 107 cm³/mol. The Morgan fingerprint density at radius 2 is 2.00 bits per heavy atom. The number of anilines is 1. The first kappa shape index (κ1) is 23.4. The SMILES string of the molecule is Cc1cc(C(=O)NCCc2ccc(OCC(F)(F)C(F)F)nc2)cc(NC(=O)C2CC2)n1. The van der Waals surface area contributed by atoms with Gasteiger partial charge in [-0.25, -0.2) is 18.7 Å². The molecule has 2 amide bonds. The molecule has 11 heteroatoms. The number of alkyl halides is 4. The van der Waals surface area contributed by atoms with Gasteiger partial charge in [0.15, 0.2) is 6.61 Å². The molecule has 3 rings (SSSR count). The van der Waals surface area contributed by atoms with Gasteiger partial charge in [0.2, 0.25) is 11.8 Å². The first-order valence-electron chi connectivity index (χ1n) is 9.95. The summed E-state index contributed by atoms with van der Waals surface area (Å²) in [6.45, 7) is 0.507. The summed E-state index contributed by atoms with van der Waals surface area (Å²) in [7, 11) is 0. The molecule has 1 aliphatic rings. The number of ether oxygens (including phenoxy) is 1. The average Bonchev–Trinajstić information content (AvgIpc) is 3.58. The predicted octanol–water partition coefficient (Wildman–Crippen LogP) is 3.39. The van der Waals surface area contributed by atoms with Gasteiger partial charge < -0.3 is 15.4 Å². The Kier molecular flexibility index (Phi) is 7.26. The Bertz CT molecular complexity index is 966. The van der Waals surface area contributed by atoms with Crippen molar-refractivity contribution in [2.75, 3.05) is 18.5 Å². The summed E-state index contributed by atoms with van der Waals surface area (Å²) in [4.78, 5) is 32.4. The second kappa shape index (κ2) is 9.92. The van der Waals surface area contributed by atoms with Crippen molar-refractivity contribution >= 4 is 17.6 Å². The number of nitrogens with one attached hydrogen (secondary N) is 2. The van der Waals surface area contributed by atoms with E-state index in [1.807, 2.05) is 0 Å². The number of nitrogens with zero attached hydrogens (tertiary/aromatic N) is 2. The molecule has 7 nitrogen and oxygen atoms in total. The number of aromatic nitrogens is 2. The van der Waals surface area contributed by atoms with Crippen molar-refractivity contribution in [1.82, 2.24) is 15.3 Å². The molecule has 0 aliphatic heterocycles. The molecule has 0 aromatic carbocycles. The summed E-state index contributed by atoms with van der Waals surface area (Å²) in [6.07, 6.45) is -0.365. The molecule has 32 heavy (non-hydrogen) atoms. The molecular formula is C21H22F4N4O3. The van der Waals surface area contributed by atoms with E-state index in [2.05, 4.69) is 25.3 Å². The Morgan fingerprint density at radius 1 is 1.25 bits per heavy atom. The quantitative estimate of drug-likeness (QED) is 0.537. The normalized spacial score (nSPS) is 13.7. The summed E-state index contributed by atoms with van der Waals surface area (Å²) in [5.41, 5.74) is 1.62. The fourth-order valence-corrected chi connectivity index (χ4v) is 2.74. The highest BCUT2D eigenvalue weighted by atomic mass is 19.3. The second-order valence-electron chi connectivity index (χ2n) is 7.51. The summed E-state index contributed by atoms with van der Waals surface area (Å²) in [5, 5.41) is 5.46. The molecule has 2 aromatic rings. The van der Waals surface area contributed by atoms with Crippen LogP contribution in [0.5, 0.6) is 5.88 Å². The molecule has 0 saturated heterocycles. The van der Waals surface area contributed by atoms with Gasteiger partial charge in [0.1, 0.15) is 5.82 Å². The Balaban J connectivity index is 1.48. The van der Waals surface area contributed by atoms with E-state index in [0.717, 1.165) is 12.8 Å². The van der Waals surface area contributed by atoms with Crippen LogP contribution in [0.4, 0.5) is 23.4 Å². The molecule has 2 heterocycles. The zero-order chi connectivity index (χ0) is 23.3. The molecule has 0 unspecified atom stereocenters. The largest absolute Gasteiger partial charge is 0.471 e. The van der Waals surface area contributed by atoms with Crippen LogP contribution >= 0.6 is 0 Å². The first-order chi connectivity index (χ1) is 15.1. The minimum atomic E-state index is -4.25. The monoisotopic (exact) mass is 454 g/mol. The number of halogens is 4. The summed E-state index contributed by atoms with van der Waals surface area (Å²) < 4.78 is 54.6. The van der Waals surface area contributed by atoms with Gasteiger partial charge in [-0.05, 0) is 43.9 Å². The zero-order valence-corrected chi connectivity index (χ0v) is 17.2. The molecule has 0 spiro atoms. The number of amides is 2. The van der Waals surface area contributed by atoms with E-state index in [1.54, 1.807) is 13.0 Å². The van der Waals surface area contributed by atoms with Crippen LogP contribution in [0, 0.1) is 12.8 Å². The Hall–Kier alpha value is -3.24. The summed E-state index contributed by atoms with van der Waals surface area (Å²) >= 11 is 0. The molecule has 0 bridgehead atoms. The maximum atomic E-state index is 12.9. The van der Waals surface area contributed by atoms with Crippen LogP contribution in [0.1, 0.15) is 34.5 Å². The van der Waals surface area contributed by atoms with Gasteiger partial charge in [0, 0.05) is 36.0 Å². The van der Waals surface area contributed by atoms with Crippen LogP contribution in [-0.2, 0) is 11.2 Å². The molecule has 2 N–H and O–H groups in total. The van der Waals surface area contributed by atoms with Gasteiger partial charge in [-0.3, -0.25) is 9.59 Å². The number of rotatable bonds is 10. The maximum absolute atomic E-state index is 12.9. The van der Waals surface area contributed by atoms with Crippen LogP contribution in [0.25, 0.3) is 0 Å². The second-order valence-corrected chi connectivity index (χ2v) is 7.51. The van der Waals surface area contributed by atoms with Gasteiger partial charge in [-0.1, -0.05) is 6.07 Å². The molecule has 0 atom stereocenters. The van der Waals surface area contributed by atoms with Crippen LogP contribution in [0.15, 0.2) is 30.5 Å². The van der Waals surface area contributed by atoms with Gasteiger partial charge in [0.25, 0.3) is 5.91 Å². The van der Waals surface area contributed by atoms with Gasteiger partial charge in [0.05, 0.1) is 0 Å². The number of hydrogen-bond donors (Lipinski definition) is 2. The van der Waals surface area contributed by atoms with Crippen molar-refractivity contribution < 1.29 is 31.9 Å². The first-order valence-corrected chi connectivity index (χ1v) is 9.95. The zero-order valence-electron chi connectivity index (χ0n) is 17.2. The van der Waals surface area contributed by atoms with Gasteiger partial charge in [-0.15, -0.1) is 0 Å². The third-order valence-corrected chi connectivity index (χ3v) is 4.64. The standard InChI is InChI=1S/C21H22F4N4O3/c1-12-8-15(9-16(28-12)29-19(31)14-3-4-14)18(30)26-7-6-13-2-5-17(27-10-13)32-11-21(24,25)20(22)23/h2,5,8-10,14,20H,3-4,6-7,11H2,1H3,(H,26,30)(H,28,29,31). The number of aryl methyl sites for hydroxylation is 1. The van der Waals surface area contributed by atoms with Gasteiger partial charge in [-0.2, -0.15) is 8.78 Å². The van der Waals surface area contributed by atoms with E-state index >= 15 is 0 Å². The molecule has 172 valence electrons. The van der Waals surface area contributed by atoms with Crippen molar-refractivity contribution in [2.45, 2.75) is 38.5 Å². The number of hydrogen-bond acceptors (Lipinski definition) is 5. The summed E-state index contributed by atoms with van der Waals surface area (Å²) in [5.74, 6) is -4.57. The molecule has 0 radical (unpaired) electrons. The van der Waals surface area contributed by atoms with Crippen LogP contribution in [0.3, 0.4) is 0 Å². The lowest BCUT2D eigenvalue weighted by Crippen LogP contribution is -2.33. The average molecular weight is 454 g/mol. The minimum Gasteiger partial charge on any atom is -0.471 e. The molecular weight excluding hydrogens is 432 g/mol. The molecule has 1 aliphatic carbocycles. The van der Waals surface area contributed by atoms with E-state index < -0.39 is 19.0 Å². The van der Waals surface area contributed by atoms with Crippen molar-refractivity contribution in [2.24, 2.45) is 5.92 Å².